The number of nitrogens with zero attached hydrogens (tertiary/aromatic N) is 1. The number of rotatable bonds is 4. The van der Waals surface area contributed by atoms with Crippen LogP contribution in [0.2, 0.25) is 0 Å². The standard InChI is InChI=1S/C19H18N2O3S/c1-11(2)24-18(23)14-8-9-15-16(10-14)25-19(20-15)21-17(22)13-6-4-12(3)5-7-13/h4-11H,1-3H3,(H,20,21,22). The van der Waals surface area contributed by atoms with Crippen molar-refractivity contribution in [1.82, 2.24) is 4.98 Å². The highest BCUT2D eigenvalue weighted by atomic mass is 32.1. The summed E-state index contributed by atoms with van der Waals surface area (Å²) in [5, 5.41) is 3.30. The van der Waals surface area contributed by atoms with Gasteiger partial charge < -0.3 is 4.74 Å². The van der Waals surface area contributed by atoms with Gasteiger partial charge in [0.05, 0.1) is 21.9 Å². The van der Waals surface area contributed by atoms with Crippen molar-refractivity contribution in [3.8, 4) is 0 Å². The lowest BCUT2D eigenvalue weighted by atomic mass is 10.1. The maximum atomic E-state index is 12.3. The molecular weight excluding hydrogens is 336 g/mol. The largest absolute Gasteiger partial charge is 0.459 e. The van der Waals surface area contributed by atoms with Crippen LogP contribution >= 0.6 is 11.3 Å². The van der Waals surface area contributed by atoms with Crippen molar-refractivity contribution >= 4 is 38.6 Å². The number of hydrogen-bond acceptors (Lipinski definition) is 5. The molecular formula is C19H18N2O3S. The summed E-state index contributed by atoms with van der Waals surface area (Å²) in [7, 11) is 0. The fourth-order valence-corrected chi connectivity index (χ4v) is 3.16. The average Bonchev–Trinajstić information content (AvgIpc) is 2.95. The van der Waals surface area contributed by atoms with Gasteiger partial charge in [0, 0.05) is 5.56 Å². The average molecular weight is 354 g/mol. The zero-order valence-electron chi connectivity index (χ0n) is 14.2. The molecule has 0 fully saturated rings. The Bertz CT molecular complexity index is 929. The summed E-state index contributed by atoms with van der Waals surface area (Å²) in [6.07, 6.45) is -0.172. The topological polar surface area (TPSA) is 68.3 Å². The number of aryl methyl sites for hydroxylation is 1. The molecule has 1 amide bonds. The summed E-state index contributed by atoms with van der Waals surface area (Å²) in [6.45, 7) is 5.58. The van der Waals surface area contributed by atoms with Crippen LogP contribution in [-0.2, 0) is 4.74 Å². The first-order valence-corrected chi connectivity index (χ1v) is 8.73. The third kappa shape index (κ3) is 4.03. The van der Waals surface area contributed by atoms with Gasteiger partial charge in [-0.3, -0.25) is 10.1 Å². The summed E-state index contributed by atoms with van der Waals surface area (Å²) in [5.41, 5.74) is 2.87. The molecule has 0 aliphatic heterocycles. The molecule has 0 aliphatic carbocycles. The number of fused-ring (bicyclic) bond motifs is 1. The Kier molecular flexibility index (Phi) is 4.81. The minimum absolute atomic E-state index is 0.172. The minimum atomic E-state index is -0.365. The second-order valence-electron chi connectivity index (χ2n) is 5.98. The molecule has 0 bridgehead atoms. The van der Waals surface area contributed by atoms with Gasteiger partial charge in [0.15, 0.2) is 5.13 Å². The van der Waals surface area contributed by atoms with Gasteiger partial charge in [-0.2, -0.15) is 0 Å². The Morgan fingerprint density at radius 3 is 2.44 bits per heavy atom. The summed E-state index contributed by atoms with van der Waals surface area (Å²) >= 11 is 1.32. The van der Waals surface area contributed by atoms with Crippen molar-refractivity contribution in [2.24, 2.45) is 0 Å². The van der Waals surface area contributed by atoms with Gasteiger partial charge in [-0.25, -0.2) is 9.78 Å². The smallest absolute Gasteiger partial charge is 0.338 e. The van der Waals surface area contributed by atoms with Crippen LogP contribution in [-0.4, -0.2) is 23.0 Å². The molecule has 0 saturated heterocycles. The number of hydrogen-bond donors (Lipinski definition) is 1. The van der Waals surface area contributed by atoms with Crippen LogP contribution in [0, 0.1) is 6.92 Å². The Labute approximate surface area is 149 Å². The quantitative estimate of drug-likeness (QED) is 0.704. The predicted molar refractivity (Wildman–Crippen MR) is 99.3 cm³/mol. The lowest BCUT2D eigenvalue weighted by molar-refractivity contribution is 0.0378. The molecule has 2 aromatic carbocycles. The van der Waals surface area contributed by atoms with Gasteiger partial charge in [0.2, 0.25) is 0 Å². The number of anilines is 1. The number of carbonyl (C=O) groups excluding carboxylic acids is 2. The Hall–Kier alpha value is -2.73. The molecule has 3 aromatic rings. The number of esters is 1. The van der Waals surface area contributed by atoms with Gasteiger partial charge in [-0.15, -0.1) is 0 Å². The first-order chi connectivity index (χ1) is 11.9. The van der Waals surface area contributed by atoms with Crippen molar-refractivity contribution < 1.29 is 14.3 Å². The molecule has 0 radical (unpaired) electrons. The molecule has 128 valence electrons. The van der Waals surface area contributed by atoms with Gasteiger partial charge >= 0.3 is 5.97 Å². The lowest BCUT2D eigenvalue weighted by Crippen LogP contribution is -2.11. The number of aromatic nitrogens is 1. The molecule has 5 nitrogen and oxygen atoms in total. The Morgan fingerprint density at radius 1 is 1.08 bits per heavy atom. The molecule has 0 atom stereocenters. The van der Waals surface area contributed by atoms with Crippen molar-refractivity contribution in [1.29, 1.82) is 0 Å². The van der Waals surface area contributed by atoms with E-state index in [4.69, 9.17) is 4.74 Å². The Balaban J connectivity index is 1.80. The van der Waals surface area contributed by atoms with E-state index in [0.29, 0.717) is 16.3 Å². The molecule has 1 N–H and O–H groups in total. The van der Waals surface area contributed by atoms with Crippen LogP contribution in [0.15, 0.2) is 42.5 Å². The number of benzene rings is 2. The van der Waals surface area contributed by atoms with E-state index in [1.807, 2.05) is 32.9 Å². The number of thiazole rings is 1. The number of carbonyl (C=O) groups is 2. The zero-order chi connectivity index (χ0) is 18.0. The summed E-state index contributed by atoms with van der Waals surface area (Å²) in [4.78, 5) is 28.7. The molecule has 0 aliphatic rings. The first-order valence-electron chi connectivity index (χ1n) is 7.92. The molecule has 0 saturated carbocycles. The van der Waals surface area contributed by atoms with Gasteiger partial charge in [0.1, 0.15) is 0 Å². The van der Waals surface area contributed by atoms with E-state index in [1.165, 1.54) is 11.3 Å². The maximum absolute atomic E-state index is 12.3. The molecule has 1 aromatic heterocycles. The van der Waals surface area contributed by atoms with Crippen molar-refractivity contribution in [2.75, 3.05) is 5.32 Å². The molecule has 25 heavy (non-hydrogen) atoms. The van der Waals surface area contributed by atoms with E-state index < -0.39 is 0 Å². The summed E-state index contributed by atoms with van der Waals surface area (Å²) in [6, 6.07) is 12.5. The second kappa shape index (κ2) is 7.03. The van der Waals surface area contributed by atoms with E-state index in [-0.39, 0.29) is 18.0 Å². The molecule has 1 heterocycles. The summed E-state index contributed by atoms with van der Waals surface area (Å²) in [5.74, 6) is -0.575. The Morgan fingerprint density at radius 2 is 1.76 bits per heavy atom. The SMILES string of the molecule is Cc1ccc(C(=O)Nc2nc3ccc(C(=O)OC(C)C)cc3s2)cc1. The third-order valence-corrected chi connectivity index (χ3v) is 4.43. The fourth-order valence-electron chi connectivity index (χ4n) is 2.26. The third-order valence-electron chi connectivity index (χ3n) is 3.50. The molecule has 6 heteroatoms. The van der Waals surface area contributed by atoms with E-state index in [2.05, 4.69) is 10.3 Å². The molecule has 3 rings (SSSR count). The van der Waals surface area contributed by atoms with E-state index in [1.54, 1.807) is 30.3 Å². The van der Waals surface area contributed by atoms with Crippen molar-refractivity contribution in [2.45, 2.75) is 26.9 Å². The van der Waals surface area contributed by atoms with E-state index >= 15 is 0 Å². The highest BCUT2D eigenvalue weighted by Gasteiger charge is 2.13. The predicted octanol–water partition coefficient (Wildman–Crippen LogP) is 4.42. The van der Waals surface area contributed by atoms with Crippen LogP contribution in [0.4, 0.5) is 5.13 Å². The van der Waals surface area contributed by atoms with Crippen LogP contribution < -0.4 is 5.32 Å². The monoisotopic (exact) mass is 354 g/mol. The van der Waals surface area contributed by atoms with Crippen LogP contribution in [0.5, 0.6) is 0 Å². The van der Waals surface area contributed by atoms with Gasteiger partial charge in [0.25, 0.3) is 5.91 Å². The van der Waals surface area contributed by atoms with Crippen LogP contribution in [0.3, 0.4) is 0 Å². The van der Waals surface area contributed by atoms with Gasteiger partial charge in [-0.1, -0.05) is 29.0 Å². The summed E-state index contributed by atoms with van der Waals surface area (Å²) < 4.78 is 6.02. The minimum Gasteiger partial charge on any atom is -0.459 e. The number of amides is 1. The molecule has 0 spiro atoms. The second-order valence-corrected chi connectivity index (χ2v) is 7.01. The van der Waals surface area contributed by atoms with E-state index in [0.717, 1.165) is 15.8 Å². The number of nitrogens with one attached hydrogen (secondary N) is 1. The zero-order valence-corrected chi connectivity index (χ0v) is 15.0. The van der Waals surface area contributed by atoms with Crippen molar-refractivity contribution in [3.63, 3.8) is 0 Å². The highest BCUT2D eigenvalue weighted by molar-refractivity contribution is 7.22. The lowest BCUT2D eigenvalue weighted by Gasteiger charge is -2.07. The van der Waals surface area contributed by atoms with Crippen molar-refractivity contribution in [3.05, 3.63) is 59.2 Å². The number of ether oxygens (including phenoxy) is 1. The van der Waals surface area contributed by atoms with E-state index in [9.17, 15) is 9.59 Å². The highest BCUT2D eigenvalue weighted by Crippen LogP contribution is 2.27. The van der Waals surface area contributed by atoms with Gasteiger partial charge in [-0.05, 0) is 51.1 Å². The first kappa shape index (κ1) is 17.1. The maximum Gasteiger partial charge on any atom is 0.338 e. The fraction of sp³-hybridized carbons (Fsp3) is 0.211. The molecule has 0 unspecified atom stereocenters. The van der Waals surface area contributed by atoms with Crippen LogP contribution in [0.1, 0.15) is 40.1 Å². The normalized spacial score (nSPS) is 10.9. The van der Waals surface area contributed by atoms with Crippen LogP contribution in [0.25, 0.3) is 10.2 Å².